The van der Waals surface area contributed by atoms with Crippen LogP contribution in [0.2, 0.25) is 0 Å². The molecule has 1 aromatic carbocycles. The average molecular weight is 259 g/mol. The van der Waals surface area contributed by atoms with Gasteiger partial charge in [0.2, 0.25) is 6.79 Å². The van der Waals surface area contributed by atoms with Crippen molar-refractivity contribution in [2.24, 2.45) is 7.05 Å². The van der Waals surface area contributed by atoms with E-state index in [4.69, 9.17) is 14.5 Å². The quantitative estimate of drug-likeness (QED) is 0.913. The zero-order chi connectivity index (χ0) is 13.4. The summed E-state index contributed by atoms with van der Waals surface area (Å²) in [4.78, 5) is 4.70. The molecule has 2 heterocycles. The Bertz CT molecular complexity index is 619. The number of ether oxygens (including phenoxy) is 2. The Morgan fingerprint density at radius 1 is 1.32 bits per heavy atom. The van der Waals surface area contributed by atoms with Crippen molar-refractivity contribution in [1.29, 1.82) is 0 Å². The fourth-order valence-electron chi connectivity index (χ4n) is 2.26. The third kappa shape index (κ3) is 1.96. The number of fused-ring (bicyclic) bond motifs is 1. The average Bonchev–Trinajstić information content (AvgIpc) is 2.98. The molecule has 2 aromatic rings. The SMILES string of the molecule is CNCc1nc(-c2ccc3c(c2)OCO3)n(C)c1C. The lowest BCUT2D eigenvalue weighted by molar-refractivity contribution is 0.174. The highest BCUT2D eigenvalue weighted by atomic mass is 16.7. The van der Waals surface area contributed by atoms with Gasteiger partial charge in [0.25, 0.3) is 0 Å². The van der Waals surface area contributed by atoms with Crippen LogP contribution in [0, 0.1) is 6.92 Å². The van der Waals surface area contributed by atoms with Crippen molar-refractivity contribution in [3.63, 3.8) is 0 Å². The van der Waals surface area contributed by atoms with Gasteiger partial charge in [0.15, 0.2) is 11.5 Å². The van der Waals surface area contributed by atoms with Crippen LogP contribution in [0.25, 0.3) is 11.4 Å². The molecule has 1 aliphatic heterocycles. The molecular weight excluding hydrogens is 242 g/mol. The van der Waals surface area contributed by atoms with Crippen LogP contribution in [-0.2, 0) is 13.6 Å². The van der Waals surface area contributed by atoms with Crippen LogP contribution < -0.4 is 14.8 Å². The lowest BCUT2D eigenvalue weighted by Crippen LogP contribution is -2.07. The second kappa shape index (κ2) is 4.59. The molecule has 3 rings (SSSR count). The first-order chi connectivity index (χ1) is 9.20. The van der Waals surface area contributed by atoms with E-state index in [2.05, 4.69) is 16.8 Å². The molecule has 5 nitrogen and oxygen atoms in total. The highest BCUT2D eigenvalue weighted by Gasteiger charge is 2.17. The Hall–Kier alpha value is -2.01. The van der Waals surface area contributed by atoms with Crippen molar-refractivity contribution >= 4 is 0 Å². The highest BCUT2D eigenvalue weighted by Crippen LogP contribution is 2.35. The van der Waals surface area contributed by atoms with Crippen molar-refractivity contribution < 1.29 is 9.47 Å². The van der Waals surface area contributed by atoms with Gasteiger partial charge in [0.1, 0.15) is 5.82 Å². The van der Waals surface area contributed by atoms with Gasteiger partial charge >= 0.3 is 0 Å². The molecular formula is C14H17N3O2. The smallest absolute Gasteiger partial charge is 0.231 e. The summed E-state index contributed by atoms with van der Waals surface area (Å²) in [6.07, 6.45) is 0. The molecule has 1 aliphatic rings. The van der Waals surface area contributed by atoms with Crippen molar-refractivity contribution in [1.82, 2.24) is 14.9 Å². The molecule has 0 saturated heterocycles. The molecule has 5 heteroatoms. The summed E-state index contributed by atoms with van der Waals surface area (Å²) >= 11 is 0. The van der Waals surface area contributed by atoms with E-state index in [9.17, 15) is 0 Å². The van der Waals surface area contributed by atoms with Crippen LogP contribution in [0.3, 0.4) is 0 Å². The molecule has 1 N–H and O–H groups in total. The fourth-order valence-corrected chi connectivity index (χ4v) is 2.26. The Labute approximate surface area is 112 Å². The normalized spacial score (nSPS) is 13.0. The molecule has 0 bridgehead atoms. The molecule has 0 atom stereocenters. The summed E-state index contributed by atoms with van der Waals surface area (Å²) in [6.45, 7) is 3.14. The third-order valence-corrected chi connectivity index (χ3v) is 3.45. The van der Waals surface area contributed by atoms with Crippen LogP contribution in [0.4, 0.5) is 0 Å². The summed E-state index contributed by atoms with van der Waals surface area (Å²) in [7, 11) is 3.95. The van der Waals surface area contributed by atoms with E-state index in [0.29, 0.717) is 6.79 Å². The minimum Gasteiger partial charge on any atom is -0.454 e. The number of aromatic nitrogens is 2. The molecule has 0 amide bonds. The topological polar surface area (TPSA) is 48.3 Å². The van der Waals surface area contributed by atoms with Gasteiger partial charge in [-0.15, -0.1) is 0 Å². The van der Waals surface area contributed by atoms with Gasteiger partial charge in [-0.2, -0.15) is 0 Å². The zero-order valence-electron chi connectivity index (χ0n) is 11.4. The van der Waals surface area contributed by atoms with Crippen LogP contribution in [-0.4, -0.2) is 23.4 Å². The number of nitrogens with zero attached hydrogens (tertiary/aromatic N) is 2. The first-order valence-electron chi connectivity index (χ1n) is 6.27. The van der Waals surface area contributed by atoms with E-state index >= 15 is 0 Å². The predicted octanol–water partition coefficient (Wildman–Crippen LogP) is 1.84. The van der Waals surface area contributed by atoms with Gasteiger partial charge in [-0.05, 0) is 32.2 Å². The van der Waals surface area contributed by atoms with E-state index in [1.54, 1.807) is 0 Å². The number of nitrogens with one attached hydrogen (secondary N) is 1. The predicted molar refractivity (Wildman–Crippen MR) is 72.3 cm³/mol. The Balaban J connectivity index is 2.04. The van der Waals surface area contributed by atoms with Crippen molar-refractivity contribution in [2.45, 2.75) is 13.5 Å². The van der Waals surface area contributed by atoms with E-state index in [1.165, 1.54) is 5.69 Å². The van der Waals surface area contributed by atoms with Gasteiger partial charge in [0.05, 0.1) is 5.69 Å². The molecule has 0 unspecified atom stereocenters. The first-order valence-corrected chi connectivity index (χ1v) is 6.27. The van der Waals surface area contributed by atoms with Crippen molar-refractivity contribution in [3.05, 3.63) is 29.6 Å². The third-order valence-electron chi connectivity index (χ3n) is 3.45. The maximum atomic E-state index is 5.41. The van der Waals surface area contributed by atoms with Gasteiger partial charge in [-0.1, -0.05) is 0 Å². The maximum absolute atomic E-state index is 5.41. The summed E-state index contributed by atoms with van der Waals surface area (Å²) in [5.41, 5.74) is 3.27. The molecule has 0 radical (unpaired) electrons. The molecule has 0 aliphatic carbocycles. The van der Waals surface area contributed by atoms with Crippen LogP contribution in [0.15, 0.2) is 18.2 Å². The summed E-state index contributed by atoms with van der Waals surface area (Å²) in [5.74, 6) is 2.53. The second-order valence-electron chi connectivity index (χ2n) is 4.62. The van der Waals surface area contributed by atoms with Gasteiger partial charge in [0, 0.05) is 24.8 Å². The monoisotopic (exact) mass is 259 g/mol. The van der Waals surface area contributed by atoms with Crippen molar-refractivity contribution in [2.75, 3.05) is 13.8 Å². The lowest BCUT2D eigenvalue weighted by Gasteiger charge is -2.04. The summed E-state index contributed by atoms with van der Waals surface area (Å²) < 4.78 is 12.8. The Morgan fingerprint density at radius 2 is 2.11 bits per heavy atom. The minimum atomic E-state index is 0.295. The zero-order valence-corrected chi connectivity index (χ0v) is 11.4. The van der Waals surface area contributed by atoms with E-state index < -0.39 is 0 Å². The highest BCUT2D eigenvalue weighted by molar-refractivity contribution is 5.63. The molecule has 0 spiro atoms. The molecule has 100 valence electrons. The Morgan fingerprint density at radius 3 is 2.89 bits per heavy atom. The molecule has 19 heavy (non-hydrogen) atoms. The van der Waals surface area contributed by atoms with Gasteiger partial charge in [-0.25, -0.2) is 4.98 Å². The van der Waals surface area contributed by atoms with E-state index in [1.807, 2.05) is 32.3 Å². The number of rotatable bonds is 3. The molecule has 1 aromatic heterocycles. The molecule has 0 fully saturated rings. The number of hydrogen-bond donors (Lipinski definition) is 1. The van der Waals surface area contributed by atoms with Crippen LogP contribution >= 0.6 is 0 Å². The largest absolute Gasteiger partial charge is 0.454 e. The standard InChI is InChI=1S/C14H17N3O2/c1-9-11(7-15-2)16-14(17(9)3)10-4-5-12-13(6-10)19-8-18-12/h4-6,15H,7-8H2,1-3H3. The van der Waals surface area contributed by atoms with Crippen LogP contribution in [0.1, 0.15) is 11.4 Å². The lowest BCUT2D eigenvalue weighted by atomic mass is 10.2. The van der Waals surface area contributed by atoms with Gasteiger partial charge < -0.3 is 19.4 Å². The summed E-state index contributed by atoms with van der Waals surface area (Å²) in [5, 5.41) is 3.14. The number of imidazole rings is 1. The Kier molecular flexibility index (Phi) is 2.91. The molecule has 0 saturated carbocycles. The van der Waals surface area contributed by atoms with E-state index in [-0.39, 0.29) is 0 Å². The second-order valence-corrected chi connectivity index (χ2v) is 4.62. The number of benzene rings is 1. The summed E-state index contributed by atoms with van der Waals surface area (Å²) in [6, 6.07) is 5.92. The van der Waals surface area contributed by atoms with Crippen LogP contribution in [0.5, 0.6) is 11.5 Å². The maximum Gasteiger partial charge on any atom is 0.231 e. The van der Waals surface area contributed by atoms with Gasteiger partial charge in [-0.3, -0.25) is 0 Å². The van der Waals surface area contributed by atoms with E-state index in [0.717, 1.165) is 35.1 Å². The minimum absolute atomic E-state index is 0.295. The van der Waals surface area contributed by atoms with Crippen molar-refractivity contribution in [3.8, 4) is 22.9 Å². The fraction of sp³-hybridized carbons (Fsp3) is 0.357. The first kappa shape index (κ1) is 12.0. The number of hydrogen-bond acceptors (Lipinski definition) is 4.